The van der Waals surface area contributed by atoms with Gasteiger partial charge < -0.3 is 10.5 Å². The van der Waals surface area contributed by atoms with Crippen LogP contribution in [0.3, 0.4) is 0 Å². The average molecular weight is 335 g/mol. The van der Waals surface area contributed by atoms with Crippen LogP contribution in [0.5, 0.6) is 0 Å². The number of carbonyl (C=O) groups excluding carboxylic acids is 1. The molecule has 6 heteroatoms. The van der Waals surface area contributed by atoms with E-state index >= 15 is 0 Å². The molecule has 0 aliphatic heterocycles. The van der Waals surface area contributed by atoms with E-state index < -0.39 is 29.6 Å². The second-order valence-electron chi connectivity index (χ2n) is 6.64. The van der Waals surface area contributed by atoms with Crippen LogP contribution in [0.4, 0.5) is 18.0 Å². The normalized spacial score (nSPS) is 18.3. The Labute approximate surface area is 137 Å². The molecular weight excluding hydrogens is 319 g/mol. The highest BCUT2D eigenvalue weighted by atomic mass is 19.2. The lowest BCUT2D eigenvalue weighted by Gasteiger charge is -2.26. The Morgan fingerprint density at radius 1 is 1.12 bits per heavy atom. The molecule has 0 saturated heterocycles. The Kier molecular flexibility index (Phi) is 3.78. The monoisotopic (exact) mass is 335 g/mol. The first-order chi connectivity index (χ1) is 11.2. The summed E-state index contributed by atoms with van der Waals surface area (Å²) in [6.07, 6.45) is -0.787. The quantitative estimate of drug-likeness (QED) is 0.822. The molecule has 0 saturated carbocycles. The first-order valence-corrected chi connectivity index (χ1v) is 7.43. The van der Waals surface area contributed by atoms with Crippen molar-refractivity contribution in [3.63, 3.8) is 0 Å². The summed E-state index contributed by atoms with van der Waals surface area (Å²) >= 11 is 0. The van der Waals surface area contributed by atoms with Crippen LogP contribution in [0.15, 0.2) is 30.3 Å². The van der Waals surface area contributed by atoms with Crippen LogP contribution >= 0.6 is 0 Å². The maximum absolute atomic E-state index is 14.0. The van der Waals surface area contributed by atoms with Crippen LogP contribution in [0, 0.1) is 22.9 Å². The van der Waals surface area contributed by atoms with E-state index in [1.165, 1.54) is 0 Å². The molecule has 2 N–H and O–H groups in total. The molecule has 2 aromatic rings. The Bertz CT molecular complexity index is 833. The Morgan fingerprint density at radius 3 is 2.46 bits per heavy atom. The van der Waals surface area contributed by atoms with Crippen LogP contribution in [-0.4, -0.2) is 6.09 Å². The van der Waals surface area contributed by atoms with Crippen molar-refractivity contribution < 1.29 is 22.7 Å². The first-order valence-electron chi connectivity index (χ1n) is 7.43. The number of carbonyl (C=O) groups is 1. The van der Waals surface area contributed by atoms with Crippen LogP contribution < -0.4 is 5.73 Å². The van der Waals surface area contributed by atoms with E-state index in [1.54, 1.807) is 18.2 Å². The van der Waals surface area contributed by atoms with Crippen molar-refractivity contribution in [2.75, 3.05) is 0 Å². The number of primary amides is 1. The largest absolute Gasteiger partial charge is 0.441 e. The van der Waals surface area contributed by atoms with Gasteiger partial charge in [0.2, 0.25) is 0 Å². The van der Waals surface area contributed by atoms with Gasteiger partial charge in [-0.1, -0.05) is 32.0 Å². The number of halogens is 3. The lowest BCUT2D eigenvalue weighted by Crippen LogP contribution is -2.25. The number of nitrogens with two attached hydrogens (primary N) is 1. The molecule has 1 atom stereocenters. The van der Waals surface area contributed by atoms with Crippen molar-refractivity contribution in [2.24, 2.45) is 11.1 Å². The summed E-state index contributed by atoms with van der Waals surface area (Å²) in [5, 5.41) is 0. The van der Waals surface area contributed by atoms with Crippen molar-refractivity contribution in [1.29, 1.82) is 0 Å². The lowest BCUT2D eigenvalue weighted by molar-refractivity contribution is 0.0392. The number of rotatable bonds is 2. The number of hydrogen-bond donors (Lipinski definition) is 1. The molecule has 0 radical (unpaired) electrons. The van der Waals surface area contributed by atoms with Gasteiger partial charge >= 0.3 is 6.09 Å². The van der Waals surface area contributed by atoms with Crippen molar-refractivity contribution >= 4 is 6.09 Å². The van der Waals surface area contributed by atoms with Gasteiger partial charge in [0.15, 0.2) is 11.6 Å². The molecule has 126 valence electrons. The van der Waals surface area contributed by atoms with E-state index in [4.69, 9.17) is 10.5 Å². The molecule has 2 aromatic carbocycles. The number of fused-ring (bicyclic) bond motifs is 1. The van der Waals surface area contributed by atoms with Gasteiger partial charge in [-0.2, -0.15) is 0 Å². The summed E-state index contributed by atoms with van der Waals surface area (Å²) in [5.74, 6) is -3.17. The van der Waals surface area contributed by atoms with Gasteiger partial charge in [0.25, 0.3) is 0 Å². The zero-order valence-corrected chi connectivity index (χ0v) is 13.2. The highest BCUT2D eigenvalue weighted by Crippen LogP contribution is 2.48. The number of benzene rings is 2. The van der Waals surface area contributed by atoms with Gasteiger partial charge in [0, 0.05) is 17.0 Å². The highest BCUT2D eigenvalue weighted by Gasteiger charge is 2.41. The molecule has 0 heterocycles. The van der Waals surface area contributed by atoms with Crippen LogP contribution in [0.25, 0.3) is 11.1 Å². The standard InChI is InChI=1S/C18H16F3NO2/c1-18(2)8-10-5-9(3-4-11(10)16(18)24-17(22)23)12-6-14(20)15(21)7-13(12)19/h3-7,16H,8H2,1-2H3,(H2,22,23). The Balaban J connectivity index is 2.05. The molecule has 1 amide bonds. The van der Waals surface area contributed by atoms with Crippen LogP contribution in [0.1, 0.15) is 31.1 Å². The second kappa shape index (κ2) is 5.54. The summed E-state index contributed by atoms with van der Waals surface area (Å²) in [5.41, 5.74) is 6.81. The summed E-state index contributed by atoms with van der Waals surface area (Å²) in [7, 11) is 0. The summed E-state index contributed by atoms with van der Waals surface area (Å²) in [6, 6.07) is 6.36. The van der Waals surface area contributed by atoms with E-state index in [9.17, 15) is 18.0 Å². The number of hydrogen-bond acceptors (Lipinski definition) is 2. The minimum absolute atomic E-state index is 0.0197. The average Bonchev–Trinajstić information content (AvgIpc) is 2.72. The molecule has 0 spiro atoms. The smallest absolute Gasteiger partial charge is 0.405 e. The van der Waals surface area contributed by atoms with Gasteiger partial charge in [-0.25, -0.2) is 18.0 Å². The molecule has 3 nitrogen and oxygen atoms in total. The van der Waals surface area contributed by atoms with Gasteiger partial charge in [0.05, 0.1) is 0 Å². The number of amides is 1. The van der Waals surface area contributed by atoms with Crippen molar-refractivity contribution in [3.8, 4) is 11.1 Å². The van der Waals surface area contributed by atoms with Crippen molar-refractivity contribution in [2.45, 2.75) is 26.4 Å². The fourth-order valence-corrected chi connectivity index (χ4v) is 3.27. The Hall–Kier alpha value is -2.50. The molecule has 24 heavy (non-hydrogen) atoms. The van der Waals surface area contributed by atoms with Crippen LogP contribution in [0.2, 0.25) is 0 Å². The fraction of sp³-hybridized carbons (Fsp3) is 0.278. The Morgan fingerprint density at radius 2 is 1.79 bits per heavy atom. The molecule has 0 aromatic heterocycles. The molecule has 1 aliphatic rings. The van der Waals surface area contributed by atoms with E-state index in [1.807, 2.05) is 13.8 Å². The summed E-state index contributed by atoms with van der Waals surface area (Å²) < 4.78 is 45.7. The molecule has 1 aliphatic carbocycles. The first kappa shape index (κ1) is 16.4. The van der Waals surface area contributed by atoms with Crippen LogP contribution in [-0.2, 0) is 11.2 Å². The zero-order chi connectivity index (χ0) is 17.6. The van der Waals surface area contributed by atoms with Crippen molar-refractivity contribution in [3.05, 3.63) is 58.9 Å². The number of ether oxygens (including phenoxy) is 1. The maximum atomic E-state index is 14.0. The second-order valence-corrected chi connectivity index (χ2v) is 6.64. The van der Waals surface area contributed by atoms with E-state index in [0.717, 1.165) is 17.2 Å². The van der Waals surface area contributed by atoms with Gasteiger partial charge in [-0.3, -0.25) is 0 Å². The molecule has 0 bridgehead atoms. The third kappa shape index (κ3) is 2.72. The fourth-order valence-electron chi connectivity index (χ4n) is 3.27. The van der Waals surface area contributed by atoms with Gasteiger partial charge in [0.1, 0.15) is 11.9 Å². The van der Waals surface area contributed by atoms with Crippen molar-refractivity contribution in [1.82, 2.24) is 0 Å². The topological polar surface area (TPSA) is 52.3 Å². The minimum Gasteiger partial charge on any atom is -0.441 e. The SMILES string of the molecule is CC1(C)Cc2cc(-c3cc(F)c(F)cc3F)ccc2C1OC(N)=O. The molecule has 3 rings (SSSR count). The molecule has 1 unspecified atom stereocenters. The van der Waals surface area contributed by atoms with Gasteiger partial charge in [-0.05, 0) is 29.2 Å². The van der Waals surface area contributed by atoms with E-state index in [2.05, 4.69) is 0 Å². The zero-order valence-electron chi connectivity index (χ0n) is 13.2. The predicted octanol–water partition coefficient (Wildman–Crippen LogP) is 4.49. The molecule has 0 fully saturated rings. The summed E-state index contributed by atoms with van der Waals surface area (Å²) in [6.45, 7) is 3.86. The maximum Gasteiger partial charge on any atom is 0.405 e. The molecular formula is C18H16F3NO2. The summed E-state index contributed by atoms with van der Waals surface area (Å²) in [4.78, 5) is 11.1. The third-order valence-electron chi connectivity index (χ3n) is 4.34. The predicted molar refractivity (Wildman–Crippen MR) is 82.6 cm³/mol. The van der Waals surface area contributed by atoms with Gasteiger partial charge in [-0.15, -0.1) is 0 Å². The third-order valence-corrected chi connectivity index (χ3v) is 4.34. The minimum atomic E-state index is -1.23. The highest BCUT2D eigenvalue weighted by molar-refractivity contribution is 5.68. The lowest BCUT2D eigenvalue weighted by atomic mass is 9.87. The van der Waals surface area contributed by atoms with E-state index in [0.29, 0.717) is 18.1 Å². The van der Waals surface area contributed by atoms with E-state index in [-0.39, 0.29) is 11.0 Å².